The number of amides is 1. The molecule has 0 aliphatic heterocycles. The highest BCUT2D eigenvalue weighted by Gasteiger charge is 2.19. The highest BCUT2D eigenvalue weighted by molar-refractivity contribution is 6.49. The predicted octanol–water partition coefficient (Wildman–Crippen LogP) is 7.18. The van der Waals surface area contributed by atoms with Gasteiger partial charge in [0.25, 0.3) is 5.56 Å². The van der Waals surface area contributed by atoms with Crippen LogP contribution in [0.4, 0.5) is 0 Å². The number of nitrogens with one attached hydrogen (secondary N) is 1. The van der Waals surface area contributed by atoms with Crippen molar-refractivity contribution in [2.75, 3.05) is 6.54 Å². The van der Waals surface area contributed by atoms with Gasteiger partial charge >= 0.3 is 0 Å². The number of aromatic amines is 1. The number of nitrogens with two attached hydrogens (primary N) is 2. The number of nitrogens with zero attached hydrogens (tertiary/aromatic N) is 1. The minimum Gasteiger partial charge on any atom is -0.369 e. The molecule has 0 atom stereocenters. The monoisotopic (exact) mass is 680 g/mol. The zero-order valence-corrected chi connectivity index (χ0v) is 30.2. The maximum absolute atomic E-state index is 12.3. The third kappa shape index (κ3) is 11.8. The van der Waals surface area contributed by atoms with Crippen molar-refractivity contribution in [1.29, 1.82) is 0 Å². The first kappa shape index (κ1) is 40.0. The molecule has 49 heavy (non-hydrogen) atoms. The van der Waals surface area contributed by atoms with Crippen LogP contribution in [0.2, 0.25) is 0 Å². The lowest BCUT2D eigenvalue weighted by atomic mass is 9.96. The summed E-state index contributed by atoms with van der Waals surface area (Å²) in [6.07, 6.45) is 1.35. The number of hydrogen-bond donors (Lipinski definition) is 3. The molecular formula is C40H45ClN4O4. The number of aromatic nitrogens is 2. The molecule has 1 aromatic heterocycles. The van der Waals surface area contributed by atoms with Crippen LogP contribution in [-0.4, -0.2) is 34.0 Å². The fourth-order valence-corrected chi connectivity index (χ4v) is 5.53. The molecule has 0 radical (unpaired) electrons. The van der Waals surface area contributed by atoms with E-state index in [0.717, 1.165) is 55.9 Å². The van der Waals surface area contributed by atoms with Crippen molar-refractivity contribution < 1.29 is 14.4 Å². The van der Waals surface area contributed by atoms with Crippen molar-refractivity contribution in [3.8, 4) is 22.5 Å². The van der Waals surface area contributed by atoms with Gasteiger partial charge in [-0.1, -0.05) is 68.8 Å². The van der Waals surface area contributed by atoms with Gasteiger partial charge in [0, 0.05) is 22.3 Å². The Balaban J connectivity index is 0.000000296. The molecule has 9 heteroatoms. The standard InChI is InChI=1S/C20H20N2O.C18H18O2.C2H6N2O.ClH/c1-12-5-13(2)8-16(7-12)19-20(22-18(23)11-21-19)17-9-14(3)6-15(4)10-17;1-11-5-12(2)8-15(7-11)17(19)18(20)16-9-13(3)6-14(4)10-16;3-1-2(4)5;/h5-11H,1-4H3,(H,22,23);5-10H,1-4H3;1,3H2,(H2,4,5);1H. The molecule has 5 rings (SSSR count). The third-order valence-corrected chi connectivity index (χ3v) is 7.18. The number of H-pyrrole nitrogens is 1. The number of hydrogen-bond acceptors (Lipinski definition) is 6. The van der Waals surface area contributed by atoms with Gasteiger partial charge in [-0.25, -0.2) is 4.98 Å². The molecule has 4 aromatic carbocycles. The van der Waals surface area contributed by atoms with Crippen molar-refractivity contribution >= 4 is 29.9 Å². The number of ketones is 2. The second-order valence-corrected chi connectivity index (χ2v) is 12.3. The Labute approximate surface area is 294 Å². The van der Waals surface area contributed by atoms with E-state index < -0.39 is 17.5 Å². The van der Waals surface area contributed by atoms with Gasteiger partial charge in [-0.3, -0.25) is 19.2 Å². The first-order valence-electron chi connectivity index (χ1n) is 15.6. The van der Waals surface area contributed by atoms with Crippen LogP contribution in [0.1, 0.15) is 65.2 Å². The molecule has 256 valence electrons. The largest absolute Gasteiger partial charge is 0.369 e. The van der Waals surface area contributed by atoms with Crippen molar-refractivity contribution in [1.82, 2.24) is 9.97 Å². The number of carbonyl (C=O) groups excluding carboxylic acids is 3. The van der Waals surface area contributed by atoms with Gasteiger partial charge in [-0.15, -0.1) is 12.4 Å². The quantitative estimate of drug-likeness (QED) is 0.128. The smallest absolute Gasteiger partial charge is 0.266 e. The van der Waals surface area contributed by atoms with E-state index in [1.54, 1.807) is 24.3 Å². The van der Waals surface area contributed by atoms with Gasteiger partial charge in [-0.2, -0.15) is 0 Å². The molecule has 0 aliphatic rings. The van der Waals surface area contributed by atoms with Crippen LogP contribution in [0, 0.1) is 55.4 Å². The fraction of sp³-hybridized carbons (Fsp3) is 0.225. The van der Waals surface area contributed by atoms with E-state index in [-0.39, 0.29) is 24.5 Å². The normalized spacial score (nSPS) is 10.1. The van der Waals surface area contributed by atoms with Crippen LogP contribution in [0.5, 0.6) is 0 Å². The molecule has 8 nitrogen and oxygen atoms in total. The molecule has 5 aromatic rings. The molecule has 5 N–H and O–H groups in total. The van der Waals surface area contributed by atoms with Crippen LogP contribution < -0.4 is 17.0 Å². The van der Waals surface area contributed by atoms with Gasteiger partial charge in [0.1, 0.15) is 0 Å². The van der Waals surface area contributed by atoms with E-state index >= 15 is 0 Å². The highest BCUT2D eigenvalue weighted by atomic mass is 35.5. The van der Waals surface area contributed by atoms with Crippen LogP contribution in [-0.2, 0) is 4.79 Å². The molecule has 0 aliphatic carbocycles. The van der Waals surface area contributed by atoms with E-state index in [1.807, 2.05) is 39.8 Å². The lowest BCUT2D eigenvalue weighted by Gasteiger charge is -2.11. The van der Waals surface area contributed by atoms with E-state index in [1.165, 1.54) is 17.3 Å². The first-order valence-corrected chi connectivity index (χ1v) is 15.6. The second kappa shape index (κ2) is 17.8. The van der Waals surface area contributed by atoms with E-state index in [0.29, 0.717) is 11.1 Å². The zero-order chi connectivity index (χ0) is 35.7. The highest BCUT2D eigenvalue weighted by Crippen LogP contribution is 2.30. The zero-order valence-electron chi connectivity index (χ0n) is 29.4. The summed E-state index contributed by atoms with van der Waals surface area (Å²) in [4.78, 5) is 53.3. The Morgan fingerprint density at radius 3 is 1.20 bits per heavy atom. The maximum atomic E-state index is 12.3. The van der Waals surface area contributed by atoms with Gasteiger partial charge in [0.15, 0.2) is 0 Å². The molecule has 0 unspecified atom stereocenters. The number of halogens is 1. The number of benzene rings is 4. The maximum Gasteiger partial charge on any atom is 0.266 e. The predicted molar refractivity (Wildman–Crippen MR) is 201 cm³/mol. The van der Waals surface area contributed by atoms with Crippen LogP contribution in [0.15, 0.2) is 83.8 Å². The van der Waals surface area contributed by atoms with E-state index in [2.05, 4.69) is 79.8 Å². The summed E-state index contributed by atoms with van der Waals surface area (Å²) in [5.41, 5.74) is 22.2. The van der Waals surface area contributed by atoms with Crippen molar-refractivity contribution in [2.45, 2.75) is 55.4 Å². The molecule has 0 spiro atoms. The number of primary amides is 1. The third-order valence-electron chi connectivity index (χ3n) is 7.18. The summed E-state index contributed by atoms with van der Waals surface area (Å²) in [7, 11) is 0. The minimum absolute atomic E-state index is 0. The summed E-state index contributed by atoms with van der Waals surface area (Å²) in [6.45, 7) is 15.9. The summed E-state index contributed by atoms with van der Waals surface area (Å²) >= 11 is 0. The summed E-state index contributed by atoms with van der Waals surface area (Å²) in [6, 6.07) is 23.6. The Morgan fingerprint density at radius 2 is 0.878 bits per heavy atom. The first-order chi connectivity index (χ1) is 22.6. The van der Waals surface area contributed by atoms with Crippen LogP contribution >= 0.6 is 12.4 Å². The Kier molecular flexibility index (Phi) is 14.5. The SMILES string of the molecule is Cc1cc(C)cc(-c2ncc(=O)[nH]c2-c2cc(C)cc(C)c2)c1.Cc1cc(C)cc(C(=O)C(=O)c2cc(C)cc(C)c2)c1.Cl.NCC(N)=O. The number of aryl methyl sites for hydroxylation is 8. The molecule has 0 fully saturated rings. The van der Waals surface area contributed by atoms with Crippen molar-refractivity contribution in [2.24, 2.45) is 11.5 Å². The lowest BCUT2D eigenvalue weighted by Crippen LogP contribution is -2.21. The fourth-order valence-electron chi connectivity index (χ4n) is 5.53. The molecule has 1 amide bonds. The molecular weight excluding hydrogens is 636 g/mol. The van der Waals surface area contributed by atoms with E-state index in [4.69, 9.17) is 5.73 Å². The van der Waals surface area contributed by atoms with Crippen LogP contribution in [0.3, 0.4) is 0 Å². The lowest BCUT2D eigenvalue weighted by molar-refractivity contribution is -0.116. The van der Waals surface area contributed by atoms with E-state index in [9.17, 15) is 19.2 Å². The summed E-state index contributed by atoms with van der Waals surface area (Å²) < 4.78 is 0. The Bertz CT molecular complexity index is 1910. The molecule has 0 bridgehead atoms. The van der Waals surface area contributed by atoms with Gasteiger partial charge in [0.2, 0.25) is 17.5 Å². The molecule has 1 heterocycles. The molecule has 0 saturated heterocycles. The van der Waals surface area contributed by atoms with Gasteiger partial charge in [-0.05, 0) is 104 Å². The Morgan fingerprint density at radius 1 is 0.571 bits per heavy atom. The van der Waals surface area contributed by atoms with Gasteiger partial charge in [0.05, 0.1) is 24.1 Å². The van der Waals surface area contributed by atoms with Crippen LogP contribution in [0.25, 0.3) is 22.5 Å². The number of rotatable bonds is 6. The number of Topliss-reactive ketones (excluding diaryl/α,β-unsaturated/α-hetero) is 2. The average Bonchev–Trinajstić information content (AvgIpc) is 2.99. The topological polar surface area (TPSA) is 149 Å². The van der Waals surface area contributed by atoms with Crippen molar-refractivity contribution in [3.05, 3.63) is 145 Å². The van der Waals surface area contributed by atoms with Crippen molar-refractivity contribution in [3.63, 3.8) is 0 Å². The average molecular weight is 681 g/mol. The summed E-state index contributed by atoms with van der Waals surface area (Å²) in [5, 5.41) is 0. The molecule has 0 saturated carbocycles. The number of carbonyl (C=O) groups is 3. The summed E-state index contributed by atoms with van der Waals surface area (Å²) in [5.74, 6) is -1.35. The van der Waals surface area contributed by atoms with Gasteiger partial charge < -0.3 is 16.5 Å². The minimum atomic E-state index is -0.468. The Hall–Kier alpha value is -5.18. The second-order valence-electron chi connectivity index (χ2n) is 12.3.